The van der Waals surface area contributed by atoms with E-state index in [1.165, 1.54) is 6.42 Å². The average molecular weight is 424 g/mol. The maximum absolute atomic E-state index is 13.2. The van der Waals surface area contributed by atoms with Gasteiger partial charge in [0, 0.05) is 43.6 Å². The monoisotopic (exact) mass is 423 g/mol. The molecule has 2 saturated carbocycles. The summed E-state index contributed by atoms with van der Waals surface area (Å²) in [5.74, 6) is 0.701. The van der Waals surface area contributed by atoms with Crippen LogP contribution in [0.4, 0.5) is 0 Å². The van der Waals surface area contributed by atoms with Crippen molar-refractivity contribution in [3.63, 3.8) is 0 Å². The van der Waals surface area contributed by atoms with Crippen LogP contribution in [-0.2, 0) is 16.1 Å². The van der Waals surface area contributed by atoms with Crippen LogP contribution in [0.1, 0.15) is 80.1 Å². The number of hydrogen-bond donors (Lipinski definition) is 1. The fourth-order valence-corrected chi connectivity index (χ4v) is 5.80. The van der Waals surface area contributed by atoms with Crippen molar-refractivity contribution in [1.82, 2.24) is 15.1 Å². The van der Waals surface area contributed by atoms with Gasteiger partial charge in [0.2, 0.25) is 11.8 Å². The molecule has 2 aliphatic carbocycles. The number of piperidine rings is 1. The van der Waals surface area contributed by atoms with E-state index < -0.39 is 0 Å². The summed E-state index contributed by atoms with van der Waals surface area (Å²) in [6.45, 7) is 2.10. The maximum Gasteiger partial charge on any atom is 0.254 e. The number of fused-ring (bicyclic) bond motifs is 1. The maximum atomic E-state index is 13.2. The lowest BCUT2D eigenvalue weighted by molar-refractivity contribution is -0.133. The number of rotatable bonds is 5. The van der Waals surface area contributed by atoms with E-state index in [1.807, 2.05) is 34.1 Å². The molecular formula is C25H33N3O3. The zero-order valence-corrected chi connectivity index (χ0v) is 18.3. The highest BCUT2D eigenvalue weighted by atomic mass is 16.2. The summed E-state index contributed by atoms with van der Waals surface area (Å²) in [4.78, 5) is 42.5. The number of carbonyl (C=O) groups is 3. The van der Waals surface area contributed by atoms with Crippen LogP contribution in [0.2, 0.25) is 0 Å². The quantitative estimate of drug-likeness (QED) is 0.790. The molecule has 3 fully saturated rings. The smallest absolute Gasteiger partial charge is 0.254 e. The van der Waals surface area contributed by atoms with E-state index in [0.29, 0.717) is 18.9 Å². The van der Waals surface area contributed by atoms with Crippen molar-refractivity contribution in [2.24, 2.45) is 5.92 Å². The van der Waals surface area contributed by atoms with Gasteiger partial charge in [-0.05, 0) is 50.2 Å². The number of likely N-dealkylation sites (tertiary alicyclic amines) is 1. The van der Waals surface area contributed by atoms with Gasteiger partial charge in [-0.2, -0.15) is 0 Å². The highest BCUT2D eigenvalue weighted by molar-refractivity contribution is 5.99. The topological polar surface area (TPSA) is 69.7 Å². The van der Waals surface area contributed by atoms with Crippen molar-refractivity contribution < 1.29 is 14.4 Å². The molecule has 31 heavy (non-hydrogen) atoms. The molecular weight excluding hydrogens is 390 g/mol. The van der Waals surface area contributed by atoms with E-state index in [2.05, 4.69) is 5.32 Å². The molecule has 1 saturated heterocycles. The van der Waals surface area contributed by atoms with Crippen LogP contribution in [0.5, 0.6) is 0 Å². The Balaban J connectivity index is 1.22. The Kier molecular flexibility index (Phi) is 5.49. The van der Waals surface area contributed by atoms with Crippen molar-refractivity contribution in [2.45, 2.75) is 82.3 Å². The first-order chi connectivity index (χ1) is 15.1. The lowest BCUT2D eigenvalue weighted by Gasteiger charge is -2.44. The Morgan fingerprint density at radius 3 is 2.39 bits per heavy atom. The fraction of sp³-hybridized carbons (Fsp3) is 0.640. The van der Waals surface area contributed by atoms with Gasteiger partial charge in [-0.3, -0.25) is 14.4 Å². The van der Waals surface area contributed by atoms with Crippen molar-refractivity contribution in [3.8, 4) is 0 Å². The molecule has 0 bridgehead atoms. The van der Waals surface area contributed by atoms with Crippen LogP contribution < -0.4 is 5.32 Å². The molecule has 166 valence electrons. The molecule has 2 heterocycles. The van der Waals surface area contributed by atoms with E-state index in [1.54, 1.807) is 0 Å². The number of nitrogens with one attached hydrogen (secondary N) is 1. The molecule has 0 radical (unpaired) electrons. The van der Waals surface area contributed by atoms with Crippen LogP contribution in [-0.4, -0.2) is 52.2 Å². The van der Waals surface area contributed by atoms with E-state index in [0.717, 1.165) is 75.6 Å². The summed E-state index contributed by atoms with van der Waals surface area (Å²) in [7, 11) is 0. The minimum absolute atomic E-state index is 0.0534. The number of benzene rings is 1. The second-order valence-corrected chi connectivity index (χ2v) is 9.95. The minimum Gasteiger partial charge on any atom is -0.353 e. The Morgan fingerprint density at radius 2 is 1.71 bits per heavy atom. The predicted molar refractivity (Wildman–Crippen MR) is 117 cm³/mol. The normalized spacial score (nSPS) is 23.5. The first-order valence-corrected chi connectivity index (χ1v) is 12.0. The summed E-state index contributed by atoms with van der Waals surface area (Å²) in [5.41, 5.74) is 1.49. The predicted octanol–water partition coefficient (Wildman–Crippen LogP) is 3.25. The molecule has 6 nitrogen and oxygen atoms in total. The molecule has 0 aromatic heterocycles. The molecule has 1 aromatic rings. The van der Waals surface area contributed by atoms with Gasteiger partial charge in [-0.25, -0.2) is 0 Å². The summed E-state index contributed by atoms with van der Waals surface area (Å²) >= 11 is 0. The van der Waals surface area contributed by atoms with Crippen molar-refractivity contribution in [3.05, 3.63) is 35.4 Å². The molecule has 6 heteroatoms. The van der Waals surface area contributed by atoms with Gasteiger partial charge in [-0.15, -0.1) is 0 Å². The zero-order valence-electron chi connectivity index (χ0n) is 18.3. The first kappa shape index (κ1) is 20.5. The molecule has 1 aromatic carbocycles. The third-order valence-corrected chi connectivity index (χ3v) is 7.77. The van der Waals surface area contributed by atoms with Crippen LogP contribution >= 0.6 is 0 Å². The average Bonchev–Trinajstić information content (AvgIpc) is 3.58. The lowest BCUT2D eigenvalue weighted by Crippen LogP contribution is -2.54. The Hall–Kier alpha value is -2.37. The molecule has 0 spiro atoms. The SMILES string of the molecule is O=C(CC1(N2Cc3ccccc3C2=O)CCCCC1)NC1CCN(C(=O)C2CC2)CC1. The second kappa shape index (κ2) is 8.29. The van der Waals surface area contributed by atoms with E-state index in [-0.39, 0.29) is 29.3 Å². The van der Waals surface area contributed by atoms with Gasteiger partial charge in [0.05, 0.1) is 5.54 Å². The lowest BCUT2D eigenvalue weighted by atomic mass is 9.77. The van der Waals surface area contributed by atoms with Gasteiger partial charge < -0.3 is 15.1 Å². The third kappa shape index (κ3) is 4.09. The van der Waals surface area contributed by atoms with E-state index >= 15 is 0 Å². The van der Waals surface area contributed by atoms with Crippen LogP contribution in [0.3, 0.4) is 0 Å². The summed E-state index contributed by atoms with van der Waals surface area (Å²) in [6.07, 6.45) is 9.21. The Morgan fingerprint density at radius 1 is 1.00 bits per heavy atom. The van der Waals surface area contributed by atoms with Gasteiger partial charge >= 0.3 is 0 Å². The number of amides is 3. The van der Waals surface area contributed by atoms with Crippen LogP contribution in [0.25, 0.3) is 0 Å². The molecule has 0 atom stereocenters. The summed E-state index contributed by atoms with van der Waals surface area (Å²) < 4.78 is 0. The molecule has 3 amide bonds. The number of carbonyl (C=O) groups excluding carboxylic acids is 3. The Labute approximate surface area is 184 Å². The van der Waals surface area contributed by atoms with Crippen LogP contribution in [0, 0.1) is 5.92 Å². The highest BCUT2D eigenvalue weighted by Gasteiger charge is 2.45. The van der Waals surface area contributed by atoms with Gasteiger partial charge in [0.1, 0.15) is 0 Å². The standard InChI is InChI=1S/C25H33N3O3/c29-22(26-20-10-14-27(15-11-20)23(30)18-8-9-18)16-25(12-4-1-5-13-25)28-17-19-6-2-3-7-21(19)24(28)31/h2-3,6-7,18,20H,1,4-5,8-17H2,(H,26,29). The number of nitrogens with zero attached hydrogens (tertiary/aromatic N) is 2. The third-order valence-electron chi connectivity index (χ3n) is 7.77. The summed E-state index contributed by atoms with van der Waals surface area (Å²) in [5, 5.41) is 3.24. The zero-order chi connectivity index (χ0) is 21.4. The highest BCUT2D eigenvalue weighted by Crippen LogP contribution is 2.41. The van der Waals surface area contributed by atoms with Gasteiger partial charge in [0.15, 0.2) is 0 Å². The summed E-state index contributed by atoms with van der Waals surface area (Å²) in [6, 6.07) is 7.96. The van der Waals surface area contributed by atoms with Crippen LogP contribution in [0.15, 0.2) is 24.3 Å². The van der Waals surface area contributed by atoms with E-state index in [9.17, 15) is 14.4 Å². The van der Waals surface area contributed by atoms with E-state index in [4.69, 9.17) is 0 Å². The van der Waals surface area contributed by atoms with Gasteiger partial charge in [-0.1, -0.05) is 37.5 Å². The largest absolute Gasteiger partial charge is 0.353 e. The molecule has 2 aliphatic heterocycles. The van der Waals surface area contributed by atoms with Crippen molar-refractivity contribution in [2.75, 3.05) is 13.1 Å². The van der Waals surface area contributed by atoms with Gasteiger partial charge in [0.25, 0.3) is 5.91 Å². The first-order valence-electron chi connectivity index (χ1n) is 12.0. The van der Waals surface area contributed by atoms with Crippen molar-refractivity contribution >= 4 is 17.7 Å². The minimum atomic E-state index is -0.374. The molecule has 1 N–H and O–H groups in total. The molecule has 4 aliphatic rings. The number of hydrogen-bond acceptors (Lipinski definition) is 3. The fourth-order valence-electron chi connectivity index (χ4n) is 5.80. The van der Waals surface area contributed by atoms with Crippen molar-refractivity contribution in [1.29, 1.82) is 0 Å². The Bertz CT molecular complexity index is 865. The second-order valence-electron chi connectivity index (χ2n) is 9.95. The molecule has 0 unspecified atom stereocenters. The molecule has 5 rings (SSSR count).